The maximum absolute atomic E-state index is 12.2. The first-order valence-corrected chi connectivity index (χ1v) is 6.91. The van der Waals surface area contributed by atoms with Crippen molar-refractivity contribution in [2.45, 2.75) is 19.8 Å². The Morgan fingerprint density at radius 1 is 1.50 bits per heavy atom. The Labute approximate surface area is 123 Å². The molecule has 0 saturated carbocycles. The molecule has 0 bridgehead atoms. The number of carbonyl (C=O) groups is 1. The number of unbranched alkanes of at least 4 members (excludes halogenated alkanes) is 1. The maximum Gasteiger partial charge on any atom is 0.276 e. The molecule has 0 aliphatic carbocycles. The number of amides is 1. The summed E-state index contributed by atoms with van der Waals surface area (Å²) in [7, 11) is 0. The van der Waals surface area contributed by atoms with Gasteiger partial charge in [0.25, 0.3) is 5.91 Å². The monoisotopic (exact) mass is 285 g/mol. The molecule has 2 rings (SSSR count). The molecule has 1 N–H and O–H groups in total. The fraction of sp³-hybridized carbons (Fsp3) is 0.267. The molecule has 1 aliphatic heterocycles. The molecule has 4 nitrogen and oxygen atoms in total. The summed E-state index contributed by atoms with van der Waals surface area (Å²) in [6.45, 7) is 2.71. The van der Waals surface area contributed by atoms with Crippen LogP contribution in [-0.4, -0.2) is 22.5 Å². The molecule has 1 aromatic carbocycles. The molecule has 0 spiro atoms. The van der Waals surface area contributed by atoms with Crippen molar-refractivity contribution in [3.05, 3.63) is 41.1 Å². The Hall–Kier alpha value is -2.19. The average molecular weight is 285 g/mol. The standard InChI is InChI=1S/C15H15N3OS/c1-2-3-7-18-14(19)13(17-15(18)20)9-11-5-4-6-12(8-11)10-16/h4-6,8-9H,2-3,7H2,1H3,(H,17,20)/b13-9+. The van der Waals surface area contributed by atoms with Gasteiger partial charge >= 0.3 is 0 Å². The van der Waals surface area contributed by atoms with Crippen LogP contribution in [0.3, 0.4) is 0 Å². The van der Waals surface area contributed by atoms with Crippen LogP contribution in [0, 0.1) is 11.3 Å². The molecule has 1 fully saturated rings. The molecule has 102 valence electrons. The second kappa shape index (κ2) is 6.31. The minimum absolute atomic E-state index is 0.106. The molecule has 0 radical (unpaired) electrons. The van der Waals surface area contributed by atoms with Gasteiger partial charge in [-0.1, -0.05) is 25.5 Å². The van der Waals surface area contributed by atoms with Gasteiger partial charge in [-0.25, -0.2) is 0 Å². The fourth-order valence-electron chi connectivity index (χ4n) is 1.96. The third kappa shape index (κ3) is 3.03. The van der Waals surface area contributed by atoms with Gasteiger partial charge < -0.3 is 5.32 Å². The quantitative estimate of drug-likeness (QED) is 0.682. The second-order valence-corrected chi connectivity index (χ2v) is 4.92. The molecule has 1 saturated heterocycles. The van der Waals surface area contributed by atoms with Crippen LogP contribution >= 0.6 is 12.2 Å². The summed E-state index contributed by atoms with van der Waals surface area (Å²) in [6, 6.07) is 9.18. The van der Waals surface area contributed by atoms with Gasteiger partial charge in [-0.15, -0.1) is 0 Å². The van der Waals surface area contributed by atoms with Crippen LogP contribution < -0.4 is 5.32 Å². The van der Waals surface area contributed by atoms with Crippen LogP contribution in [0.15, 0.2) is 30.0 Å². The zero-order valence-corrected chi connectivity index (χ0v) is 12.0. The number of rotatable bonds is 4. The summed E-state index contributed by atoms with van der Waals surface area (Å²) in [5.74, 6) is -0.106. The van der Waals surface area contributed by atoms with E-state index in [1.165, 1.54) is 0 Å². The lowest BCUT2D eigenvalue weighted by Gasteiger charge is -2.12. The van der Waals surface area contributed by atoms with Crippen molar-refractivity contribution in [1.82, 2.24) is 10.2 Å². The van der Waals surface area contributed by atoms with E-state index in [0.29, 0.717) is 22.9 Å². The van der Waals surface area contributed by atoms with Crippen LogP contribution in [0.1, 0.15) is 30.9 Å². The number of nitrogens with one attached hydrogen (secondary N) is 1. The SMILES string of the molecule is CCCCN1C(=O)/C(=C\c2cccc(C#N)c2)NC1=S. The minimum Gasteiger partial charge on any atom is -0.328 e. The van der Waals surface area contributed by atoms with Crippen molar-refractivity contribution < 1.29 is 4.79 Å². The van der Waals surface area contributed by atoms with Crippen LogP contribution in [0.4, 0.5) is 0 Å². The lowest BCUT2D eigenvalue weighted by Crippen LogP contribution is -2.31. The zero-order valence-electron chi connectivity index (χ0n) is 11.2. The molecule has 20 heavy (non-hydrogen) atoms. The third-order valence-corrected chi connectivity index (χ3v) is 3.35. The van der Waals surface area contributed by atoms with Crippen molar-refractivity contribution >= 4 is 29.3 Å². The van der Waals surface area contributed by atoms with E-state index < -0.39 is 0 Å². The first kappa shape index (κ1) is 14.2. The van der Waals surface area contributed by atoms with Gasteiger partial charge in [-0.2, -0.15) is 5.26 Å². The number of hydrogen-bond donors (Lipinski definition) is 1. The first-order valence-electron chi connectivity index (χ1n) is 6.50. The molecular formula is C15H15N3OS. The summed E-state index contributed by atoms with van der Waals surface area (Å²) in [6.07, 6.45) is 3.65. The normalized spacial score (nSPS) is 16.4. The zero-order chi connectivity index (χ0) is 14.5. The molecule has 0 unspecified atom stereocenters. The maximum atomic E-state index is 12.2. The third-order valence-electron chi connectivity index (χ3n) is 3.02. The molecule has 1 amide bonds. The van der Waals surface area contributed by atoms with Gasteiger partial charge in [0.05, 0.1) is 11.6 Å². The van der Waals surface area contributed by atoms with Crippen molar-refractivity contribution in [3.63, 3.8) is 0 Å². The van der Waals surface area contributed by atoms with Crippen LogP contribution in [0.2, 0.25) is 0 Å². The topological polar surface area (TPSA) is 56.1 Å². The highest BCUT2D eigenvalue weighted by atomic mass is 32.1. The largest absolute Gasteiger partial charge is 0.328 e. The summed E-state index contributed by atoms with van der Waals surface area (Å²) in [5, 5.41) is 12.3. The minimum atomic E-state index is -0.106. The highest BCUT2D eigenvalue weighted by Crippen LogP contribution is 2.15. The average Bonchev–Trinajstić information content (AvgIpc) is 2.72. The molecule has 0 atom stereocenters. The lowest BCUT2D eigenvalue weighted by atomic mass is 10.1. The predicted octanol–water partition coefficient (Wildman–Crippen LogP) is 2.42. The van der Waals surface area contributed by atoms with E-state index in [1.54, 1.807) is 29.2 Å². The van der Waals surface area contributed by atoms with Gasteiger partial charge in [-0.3, -0.25) is 9.69 Å². The van der Waals surface area contributed by atoms with E-state index in [1.807, 2.05) is 6.07 Å². The van der Waals surface area contributed by atoms with E-state index in [9.17, 15) is 4.79 Å². The lowest BCUT2D eigenvalue weighted by molar-refractivity contribution is -0.122. The van der Waals surface area contributed by atoms with Gasteiger partial charge in [0.1, 0.15) is 5.70 Å². The smallest absolute Gasteiger partial charge is 0.276 e. The van der Waals surface area contributed by atoms with Crippen molar-refractivity contribution in [3.8, 4) is 6.07 Å². The Kier molecular flexibility index (Phi) is 4.49. The van der Waals surface area contributed by atoms with Gasteiger partial charge in [0, 0.05) is 6.54 Å². The van der Waals surface area contributed by atoms with Crippen molar-refractivity contribution in [2.24, 2.45) is 0 Å². The Bertz CT molecular complexity index is 616. The number of nitrogens with zero attached hydrogens (tertiary/aromatic N) is 2. The van der Waals surface area contributed by atoms with Gasteiger partial charge in [0.15, 0.2) is 5.11 Å². The van der Waals surface area contributed by atoms with E-state index in [4.69, 9.17) is 17.5 Å². The Morgan fingerprint density at radius 3 is 3.00 bits per heavy atom. The van der Waals surface area contributed by atoms with Crippen molar-refractivity contribution in [1.29, 1.82) is 5.26 Å². The van der Waals surface area contributed by atoms with E-state index in [-0.39, 0.29) is 5.91 Å². The van der Waals surface area contributed by atoms with Gasteiger partial charge in [0.2, 0.25) is 0 Å². The molecule has 1 aromatic rings. The van der Waals surface area contributed by atoms with Crippen LogP contribution in [-0.2, 0) is 4.79 Å². The number of nitriles is 1. The highest BCUT2D eigenvalue weighted by molar-refractivity contribution is 7.80. The number of carbonyl (C=O) groups excluding carboxylic acids is 1. The van der Waals surface area contributed by atoms with E-state index in [2.05, 4.69) is 18.3 Å². The summed E-state index contributed by atoms with van der Waals surface area (Å²) >= 11 is 5.17. The van der Waals surface area contributed by atoms with Crippen molar-refractivity contribution in [2.75, 3.05) is 6.54 Å². The second-order valence-electron chi connectivity index (χ2n) is 4.54. The number of hydrogen-bond acceptors (Lipinski definition) is 3. The summed E-state index contributed by atoms with van der Waals surface area (Å²) in [5.41, 5.74) is 1.83. The number of benzene rings is 1. The summed E-state index contributed by atoms with van der Waals surface area (Å²) < 4.78 is 0. The fourth-order valence-corrected chi connectivity index (χ4v) is 2.24. The predicted molar refractivity (Wildman–Crippen MR) is 81.5 cm³/mol. The molecule has 0 aromatic heterocycles. The highest BCUT2D eigenvalue weighted by Gasteiger charge is 2.29. The van der Waals surface area contributed by atoms with Crippen LogP contribution in [0.5, 0.6) is 0 Å². The van der Waals surface area contributed by atoms with Gasteiger partial charge in [-0.05, 0) is 42.4 Å². The Morgan fingerprint density at radius 2 is 2.30 bits per heavy atom. The Balaban J connectivity index is 2.21. The van der Waals surface area contributed by atoms with E-state index >= 15 is 0 Å². The summed E-state index contributed by atoms with van der Waals surface area (Å²) in [4.78, 5) is 13.8. The molecule has 1 heterocycles. The van der Waals surface area contributed by atoms with E-state index in [0.717, 1.165) is 18.4 Å². The molecule has 5 heteroatoms. The van der Waals surface area contributed by atoms with Crippen LogP contribution in [0.25, 0.3) is 6.08 Å². The number of thiocarbonyl (C=S) groups is 1. The molecule has 1 aliphatic rings. The first-order chi connectivity index (χ1) is 9.65. The molecular weight excluding hydrogens is 270 g/mol.